The molecule has 1 aromatic carbocycles. The maximum atomic E-state index is 12.0. The number of amides is 1. The minimum Gasteiger partial charge on any atom is -0.504 e. The second-order valence-electron chi connectivity index (χ2n) is 5.40. The summed E-state index contributed by atoms with van der Waals surface area (Å²) in [5.41, 5.74) is -0.0842. The van der Waals surface area contributed by atoms with Crippen LogP contribution in [-0.2, 0) is 0 Å². The third-order valence-electron chi connectivity index (χ3n) is 3.79. The minimum absolute atomic E-state index is 0.0400. The van der Waals surface area contributed by atoms with Crippen molar-refractivity contribution in [3.63, 3.8) is 0 Å². The molecule has 1 fully saturated rings. The molecule has 3 rings (SSSR count). The van der Waals surface area contributed by atoms with Crippen molar-refractivity contribution in [1.82, 2.24) is 15.1 Å². The number of hydrogen-bond donors (Lipinski definition) is 3. The van der Waals surface area contributed by atoms with Gasteiger partial charge in [-0.3, -0.25) is 4.79 Å². The van der Waals surface area contributed by atoms with E-state index in [9.17, 15) is 15.0 Å². The molecule has 0 radical (unpaired) electrons. The fourth-order valence-corrected chi connectivity index (χ4v) is 2.33. The van der Waals surface area contributed by atoms with Crippen molar-refractivity contribution < 1.29 is 15.0 Å². The van der Waals surface area contributed by atoms with Gasteiger partial charge in [0, 0.05) is 6.54 Å². The van der Waals surface area contributed by atoms with Crippen molar-refractivity contribution in [2.75, 3.05) is 6.54 Å². The molecule has 2 aromatic rings. The summed E-state index contributed by atoms with van der Waals surface area (Å²) in [4.78, 5) is 12.0. The van der Waals surface area contributed by atoms with E-state index in [2.05, 4.69) is 10.4 Å². The highest BCUT2D eigenvalue weighted by Gasteiger charge is 2.35. The minimum atomic E-state index is -0.798. The van der Waals surface area contributed by atoms with E-state index in [-0.39, 0.29) is 18.0 Å². The van der Waals surface area contributed by atoms with Gasteiger partial charge in [-0.2, -0.15) is 5.10 Å². The van der Waals surface area contributed by atoms with Gasteiger partial charge in [0.1, 0.15) is 0 Å². The Balaban J connectivity index is 1.73. The highest BCUT2D eigenvalue weighted by atomic mass is 16.3. The molecule has 6 nitrogen and oxygen atoms in total. The van der Waals surface area contributed by atoms with Crippen LogP contribution in [0, 0.1) is 0 Å². The monoisotopic (exact) mass is 287 g/mol. The van der Waals surface area contributed by atoms with Gasteiger partial charge in [-0.1, -0.05) is 18.2 Å². The first-order valence-electron chi connectivity index (χ1n) is 6.92. The van der Waals surface area contributed by atoms with Crippen LogP contribution in [0.25, 0.3) is 5.69 Å². The van der Waals surface area contributed by atoms with Crippen molar-refractivity contribution in [1.29, 1.82) is 0 Å². The molecule has 1 aliphatic carbocycles. The number of carbonyl (C=O) groups is 1. The number of hydrogen-bond acceptors (Lipinski definition) is 4. The molecule has 1 heterocycles. The number of nitrogens with one attached hydrogen (secondary N) is 1. The molecule has 0 atom stereocenters. The van der Waals surface area contributed by atoms with E-state index in [1.54, 1.807) is 0 Å². The second-order valence-corrected chi connectivity index (χ2v) is 5.40. The third kappa shape index (κ3) is 2.75. The molecule has 0 bridgehead atoms. The zero-order valence-electron chi connectivity index (χ0n) is 11.5. The van der Waals surface area contributed by atoms with Gasteiger partial charge in [0.25, 0.3) is 5.91 Å². The fourth-order valence-electron chi connectivity index (χ4n) is 2.33. The van der Waals surface area contributed by atoms with E-state index >= 15 is 0 Å². The molecule has 0 spiro atoms. The third-order valence-corrected chi connectivity index (χ3v) is 3.79. The Morgan fingerprint density at radius 3 is 2.67 bits per heavy atom. The predicted molar refractivity (Wildman–Crippen MR) is 76.4 cm³/mol. The lowest BCUT2D eigenvalue weighted by atomic mass is 9.80. The molecule has 0 aliphatic heterocycles. The summed E-state index contributed by atoms with van der Waals surface area (Å²) in [5, 5.41) is 26.5. The molecule has 1 saturated carbocycles. The second kappa shape index (κ2) is 5.21. The quantitative estimate of drug-likeness (QED) is 0.789. The summed E-state index contributed by atoms with van der Waals surface area (Å²) in [6.45, 7) is 0.184. The van der Waals surface area contributed by atoms with Crippen LogP contribution in [0.3, 0.4) is 0 Å². The molecule has 21 heavy (non-hydrogen) atoms. The van der Waals surface area contributed by atoms with Gasteiger partial charge in [0.15, 0.2) is 11.4 Å². The smallest absolute Gasteiger partial charge is 0.275 e. The first-order valence-corrected chi connectivity index (χ1v) is 6.92. The molecule has 1 aromatic heterocycles. The van der Waals surface area contributed by atoms with Gasteiger partial charge < -0.3 is 15.5 Å². The SMILES string of the molecule is O=C(NCC1(O)CCC1)c1nn(-c2ccccc2)cc1O. The van der Waals surface area contributed by atoms with Crippen LogP contribution in [0.2, 0.25) is 0 Å². The van der Waals surface area contributed by atoms with Crippen molar-refractivity contribution in [2.45, 2.75) is 24.9 Å². The van der Waals surface area contributed by atoms with Gasteiger partial charge in [0.05, 0.1) is 17.5 Å². The summed E-state index contributed by atoms with van der Waals surface area (Å²) in [6.07, 6.45) is 3.75. The molecular formula is C15H17N3O3. The van der Waals surface area contributed by atoms with Crippen molar-refractivity contribution >= 4 is 5.91 Å². The van der Waals surface area contributed by atoms with Crippen LogP contribution in [0.1, 0.15) is 29.8 Å². The van der Waals surface area contributed by atoms with Crippen LogP contribution in [0.5, 0.6) is 5.75 Å². The van der Waals surface area contributed by atoms with E-state index in [1.165, 1.54) is 10.9 Å². The van der Waals surface area contributed by atoms with Crippen LogP contribution >= 0.6 is 0 Å². The number of aromatic hydroxyl groups is 1. The molecular weight excluding hydrogens is 270 g/mol. The Morgan fingerprint density at radius 2 is 2.05 bits per heavy atom. The largest absolute Gasteiger partial charge is 0.504 e. The number of carbonyl (C=O) groups excluding carboxylic acids is 1. The zero-order valence-corrected chi connectivity index (χ0v) is 11.5. The first kappa shape index (κ1) is 13.6. The maximum Gasteiger partial charge on any atom is 0.275 e. The standard InChI is InChI=1S/C15H17N3O3/c19-12-9-18(11-5-2-1-3-6-11)17-13(12)14(20)16-10-15(21)7-4-8-15/h1-3,5-6,9,19,21H,4,7-8,10H2,(H,16,20). The Bertz CT molecular complexity index is 647. The average molecular weight is 287 g/mol. The zero-order chi connectivity index (χ0) is 14.9. The predicted octanol–water partition coefficient (Wildman–Crippen LogP) is 1.22. The highest BCUT2D eigenvalue weighted by Crippen LogP contribution is 2.30. The first-order chi connectivity index (χ1) is 10.1. The van der Waals surface area contributed by atoms with Crippen LogP contribution in [0.15, 0.2) is 36.5 Å². The summed E-state index contributed by atoms with van der Waals surface area (Å²) in [7, 11) is 0. The lowest BCUT2D eigenvalue weighted by Gasteiger charge is -2.36. The molecule has 0 unspecified atom stereocenters. The van der Waals surface area contributed by atoms with Crippen LogP contribution in [0.4, 0.5) is 0 Å². The van der Waals surface area contributed by atoms with Crippen LogP contribution < -0.4 is 5.32 Å². The van der Waals surface area contributed by atoms with Crippen molar-refractivity contribution in [2.24, 2.45) is 0 Å². The Hall–Kier alpha value is -2.34. The average Bonchev–Trinajstić information content (AvgIpc) is 2.86. The molecule has 3 N–H and O–H groups in total. The maximum absolute atomic E-state index is 12.0. The van der Waals surface area contributed by atoms with Crippen molar-refractivity contribution in [3.8, 4) is 11.4 Å². The van der Waals surface area contributed by atoms with Crippen molar-refractivity contribution in [3.05, 3.63) is 42.2 Å². The lowest BCUT2D eigenvalue weighted by Crippen LogP contribution is -2.47. The molecule has 1 amide bonds. The molecule has 6 heteroatoms. The Morgan fingerprint density at radius 1 is 1.33 bits per heavy atom. The highest BCUT2D eigenvalue weighted by molar-refractivity contribution is 5.94. The van der Waals surface area contributed by atoms with E-state index in [4.69, 9.17) is 0 Å². The number of nitrogens with zero attached hydrogens (tertiary/aromatic N) is 2. The van der Waals surface area contributed by atoms with Crippen LogP contribution in [-0.4, -0.2) is 38.0 Å². The molecule has 1 aliphatic rings. The van der Waals surface area contributed by atoms with Gasteiger partial charge in [-0.15, -0.1) is 0 Å². The van der Waals surface area contributed by atoms with Gasteiger partial charge in [-0.05, 0) is 31.4 Å². The van der Waals surface area contributed by atoms with E-state index in [0.717, 1.165) is 12.1 Å². The fraction of sp³-hybridized carbons (Fsp3) is 0.333. The summed E-state index contributed by atoms with van der Waals surface area (Å²) < 4.78 is 1.45. The van der Waals surface area contributed by atoms with Gasteiger partial charge >= 0.3 is 0 Å². The van der Waals surface area contributed by atoms with Gasteiger partial charge in [0.2, 0.25) is 0 Å². The number of benzene rings is 1. The molecule has 0 saturated heterocycles. The summed E-state index contributed by atoms with van der Waals surface area (Å²) in [6, 6.07) is 9.22. The summed E-state index contributed by atoms with van der Waals surface area (Å²) in [5.74, 6) is -0.667. The van der Waals surface area contributed by atoms with E-state index < -0.39 is 11.5 Å². The van der Waals surface area contributed by atoms with Gasteiger partial charge in [-0.25, -0.2) is 4.68 Å². The lowest BCUT2D eigenvalue weighted by molar-refractivity contribution is -0.0301. The number of rotatable bonds is 4. The molecule has 110 valence electrons. The number of para-hydroxylation sites is 1. The number of aliphatic hydroxyl groups is 1. The number of aromatic nitrogens is 2. The van der Waals surface area contributed by atoms with E-state index in [0.29, 0.717) is 12.8 Å². The Kier molecular flexibility index (Phi) is 3.39. The topological polar surface area (TPSA) is 87.4 Å². The Labute approximate surface area is 122 Å². The normalized spacial score (nSPS) is 16.2. The summed E-state index contributed by atoms with van der Waals surface area (Å²) >= 11 is 0. The van der Waals surface area contributed by atoms with E-state index in [1.807, 2.05) is 30.3 Å².